The molecule has 0 aliphatic carbocycles. The van der Waals surface area contributed by atoms with Gasteiger partial charge in [-0.3, -0.25) is 9.69 Å². The van der Waals surface area contributed by atoms with Crippen molar-refractivity contribution in [3.05, 3.63) is 0 Å². The van der Waals surface area contributed by atoms with Crippen molar-refractivity contribution in [3.8, 4) is 0 Å². The molecular formula is C16H22F9NO3. The Morgan fingerprint density at radius 2 is 1.41 bits per heavy atom. The molecule has 0 bridgehead atoms. The highest BCUT2D eigenvalue weighted by Crippen LogP contribution is 2.54. The minimum Gasteiger partial charge on any atom is -0.460 e. The van der Waals surface area contributed by atoms with Crippen molar-refractivity contribution < 1.29 is 53.8 Å². The molecular weight excluding hydrogens is 425 g/mol. The van der Waals surface area contributed by atoms with Crippen molar-refractivity contribution in [2.24, 2.45) is 5.41 Å². The first-order valence-electron chi connectivity index (χ1n) is 8.54. The summed E-state index contributed by atoms with van der Waals surface area (Å²) in [5.41, 5.74) is -1.25. The van der Waals surface area contributed by atoms with Gasteiger partial charge in [0, 0.05) is 19.6 Å². The van der Waals surface area contributed by atoms with Crippen LogP contribution in [-0.2, 0) is 14.3 Å². The van der Waals surface area contributed by atoms with Gasteiger partial charge in [-0.1, -0.05) is 0 Å². The maximum Gasteiger partial charge on any atom is 0.460 e. The Bertz CT molecular complexity index is 567. The Morgan fingerprint density at radius 3 is 1.83 bits per heavy atom. The molecule has 29 heavy (non-hydrogen) atoms. The number of esters is 1. The van der Waals surface area contributed by atoms with Crippen LogP contribution in [0.4, 0.5) is 39.5 Å². The fraction of sp³-hybridized carbons (Fsp3) is 0.938. The Hall–Kier alpha value is -1.24. The van der Waals surface area contributed by atoms with Crippen molar-refractivity contribution >= 4 is 5.97 Å². The Morgan fingerprint density at radius 1 is 0.931 bits per heavy atom. The van der Waals surface area contributed by atoms with Gasteiger partial charge < -0.3 is 9.47 Å². The highest BCUT2D eigenvalue weighted by molar-refractivity contribution is 5.75. The van der Waals surface area contributed by atoms with E-state index in [-0.39, 0.29) is 26.3 Å². The number of nitrogens with zero attached hydrogens (tertiary/aromatic N) is 1. The molecule has 1 atom stereocenters. The van der Waals surface area contributed by atoms with Crippen molar-refractivity contribution in [2.75, 3.05) is 32.8 Å². The van der Waals surface area contributed by atoms with E-state index in [4.69, 9.17) is 9.47 Å². The van der Waals surface area contributed by atoms with E-state index in [1.165, 1.54) is 25.7 Å². The predicted molar refractivity (Wildman–Crippen MR) is 82.1 cm³/mol. The van der Waals surface area contributed by atoms with E-state index < -0.39 is 54.4 Å². The molecule has 1 unspecified atom stereocenters. The van der Waals surface area contributed by atoms with Gasteiger partial charge in [0.05, 0.1) is 25.0 Å². The van der Waals surface area contributed by atoms with Crippen LogP contribution in [0.15, 0.2) is 0 Å². The SMILES string of the molecule is CC(C)(C)C(=O)OC(CN1CCOCC1)CC(F)(F)C(F)(F)C(F)(F)C(F)(F)F. The third-order valence-electron chi connectivity index (χ3n) is 4.15. The minimum atomic E-state index is -6.99. The van der Waals surface area contributed by atoms with Crippen LogP contribution < -0.4 is 0 Å². The maximum absolute atomic E-state index is 14.0. The van der Waals surface area contributed by atoms with E-state index in [2.05, 4.69) is 0 Å². The lowest BCUT2D eigenvalue weighted by Crippen LogP contribution is -2.62. The molecule has 0 saturated carbocycles. The second-order valence-electron chi connectivity index (χ2n) is 7.75. The molecule has 1 saturated heterocycles. The number of carbonyl (C=O) groups excluding carboxylic acids is 1. The molecule has 4 nitrogen and oxygen atoms in total. The average Bonchev–Trinajstić information content (AvgIpc) is 2.52. The van der Waals surface area contributed by atoms with Crippen molar-refractivity contribution in [2.45, 2.75) is 57.2 Å². The fourth-order valence-electron chi connectivity index (χ4n) is 2.37. The number of rotatable bonds is 7. The van der Waals surface area contributed by atoms with Crippen LogP contribution in [-0.4, -0.2) is 73.8 Å². The van der Waals surface area contributed by atoms with E-state index >= 15 is 0 Å². The van der Waals surface area contributed by atoms with E-state index in [0.717, 1.165) is 0 Å². The summed E-state index contributed by atoms with van der Waals surface area (Å²) in [6.45, 7) is 4.00. The number of ether oxygens (including phenoxy) is 2. The predicted octanol–water partition coefficient (Wildman–Crippen LogP) is 4.13. The molecule has 0 aromatic rings. The quantitative estimate of drug-likeness (QED) is 0.435. The Labute approximate surface area is 161 Å². The van der Waals surface area contributed by atoms with Crippen LogP contribution in [0.3, 0.4) is 0 Å². The summed E-state index contributed by atoms with van der Waals surface area (Å²) in [5, 5.41) is 0. The number of alkyl halides is 9. The molecule has 1 aliphatic rings. The lowest BCUT2D eigenvalue weighted by atomic mass is 9.96. The largest absolute Gasteiger partial charge is 0.460 e. The maximum atomic E-state index is 14.0. The first-order chi connectivity index (χ1) is 12.8. The van der Waals surface area contributed by atoms with E-state index in [0.29, 0.717) is 0 Å². The zero-order chi connectivity index (χ0) is 22.9. The molecule has 1 rings (SSSR count). The molecule has 1 heterocycles. The first kappa shape index (κ1) is 25.8. The molecule has 0 radical (unpaired) electrons. The number of hydrogen-bond donors (Lipinski definition) is 0. The molecule has 0 N–H and O–H groups in total. The second-order valence-corrected chi connectivity index (χ2v) is 7.75. The molecule has 0 amide bonds. The third kappa shape index (κ3) is 5.89. The number of carbonyl (C=O) groups is 1. The first-order valence-corrected chi connectivity index (χ1v) is 8.54. The van der Waals surface area contributed by atoms with Crippen LogP contribution in [0.1, 0.15) is 27.2 Å². The molecule has 0 spiro atoms. The monoisotopic (exact) mass is 447 g/mol. The van der Waals surface area contributed by atoms with Gasteiger partial charge in [0.1, 0.15) is 6.10 Å². The van der Waals surface area contributed by atoms with Gasteiger partial charge in [0.2, 0.25) is 0 Å². The molecule has 172 valence electrons. The van der Waals surface area contributed by atoms with Crippen LogP contribution in [0, 0.1) is 5.41 Å². The number of morpholine rings is 1. The zero-order valence-electron chi connectivity index (χ0n) is 15.9. The van der Waals surface area contributed by atoms with Gasteiger partial charge in [0.15, 0.2) is 0 Å². The Balaban J connectivity index is 3.12. The lowest BCUT2D eigenvalue weighted by Gasteiger charge is -2.37. The number of halogens is 9. The summed E-state index contributed by atoms with van der Waals surface area (Å²) in [6, 6.07) is 0. The normalized spacial score (nSPS) is 19.2. The van der Waals surface area contributed by atoms with Crippen LogP contribution in [0.5, 0.6) is 0 Å². The van der Waals surface area contributed by atoms with Crippen molar-refractivity contribution in [1.82, 2.24) is 4.90 Å². The second kappa shape index (κ2) is 8.48. The zero-order valence-corrected chi connectivity index (χ0v) is 15.9. The van der Waals surface area contributed by atoms with Gasteiger partial charge in [-0.15, -0.1) is 0 Å². The van der Waals surface area contributed by atoms with Gasteiger partial charge >= 0.3 is 29.9 Å². The molecule has 13 heteroatoms. The summed E-state index contributed by atoms with van der Waals surface area (Å²) in [4.78, 5) is 13.4. The van der Waals surface area contributed by atoms with Crippen LogP contribution >= 0.6 is 0 Å². The van der Waals surface area contributed by atoms with Gasteiger partial charge in [0.25, 0.3) is 0 Å². The topological polar surface area (TPSA) is 38.8 Å². The molecule has 0 aromatic heterocycles. The highest BCUT2D eigenvalue weighted by Gasteiger charge is 2.81. The summed E-state index contributed by atoms with van der Waals surface area (Å²) < 4.78 is 128. The summed E-state index contributed by atoms with van der Waals surface area (Å²) in [5.74, 6) is -20.7. The van der Waals surface area contributed by atoms with Crippen molar-refractivity contribution in [3.63, 3.8) is 0 Å². The summed E-state index contributed by atoms with van der Waals surface area (Å²) in [6.07, 6.45) is -11.2. The van der Waals surface area contributed by atoms with Crippen LogP contribution in [0.25, 0.3) is 0 Å². The smallest absolute Gasteiger partial charge is 0.460 e. The lowest BCUT2D eigenvalue weighted by molar-refractivity contribution is -0.398. The van der Waals surface area contributed by atoms with Crippen LogP contribution in [0.2, 0.25) is 0 Å². The minimum absolute atomic E-state index is 0.143. The fourth-order valence-corrected chi connectivity index (χ4v) is 2.37. The van der Waals surface area contributed by atoms with Gasteiger partial charge in [-0.25, -0.2) is 0 Å². The van der Waals surface area contributed by atoms with E-state index in [9.17, 15) is 44.3 Å². The molecule has 0 aromatic carbocycles. The molecule has 1 aliphatic heterocycles. The summed E-state index contributed by atoms with van der Waals surface area (Å²) in [7, 11) is 0. The molecule has 1 fully saturated rings. The van der Waals surface area contributed by atoms with Crippen molar-refractivity contribution in [1.29, 1.82) is 0 Å². The third-order valence-corrected chi connectivity index (χ3v) is 4.15. The van der Waals surface area contributed by atoms with E-state index in [1.807, 2.05) is 0 Å². The standard InChI is InChI=1S/C16H22F9NO3/c1-12(2,3)11(27)29-10(9-26-4-6-28-7-5-26)8-13(17,18)14(19,20)15(21,22)16(23,24)25/h10H,4-9H2,1-3H3. The van der Waals surface area contributed by atoms with Gasteiger partial charge in [-0.05, 0) is 20.8 Å². The number of hydrogen-bond acceptors (Lipinski definition) is 4. The Kier molecular flexibility index (Phi) is 7.54. The van der Waals surface area contributed by atoms with E-state index in [1.54, 1.807) is 0 Å². The summed E-state index contributed by atoms with van der Waals surface area (Å²) >= 11 is 0. The average molecular weight is 447 g/mol. The highest BCUT2D eigenvalue weighted by atomic mass is 19.4. The van der Waals surface area contributed by atoms with Gasteiger partial charge in [-0.2, -0.15) is 39.5 Å².